The molecule has 1 N–H and O–H groups in total. The Bertz CT molecular complexity index is 723. The van der Waals surface area contributed by atoms with Gasteiger partial charge < -0.3 is 10.0 Å². The van der Waals surface area contributed by atoms with Gasteiger partial charge in [0.25, 0.3) is 5.69 Å². The molecule has 1 aliphatic heterocycles. The number of nitro benzene ring substituents is 1. The summed E-state index contributed by atoms with van der Waals surface area (Å²) in [5.41, 5.74) is -0.305. The highest BCUT2D eigenvalue weighted by Gasteiger charge is 2.31. The number of hydrogen-bond acceptors (Lipinski definition) is 6. The van der Waals surface area contributed by atoms with Crippen molar-refractivity contribution in [1.29, 1.82) is 0 Å². The number of anilines is 1. The van der Waals surface area contributed by atoms with E-state index in [9.17, 15) is 22.9 Å². The Morgan fingerprint density at radius 2 is 2.12 bits per heavy atom. The maximum Gasteiger partial charge on any atom is 0.294 e. The minimum Gasteiger partial charge on any atom is -0.396 e. The van der Waals surface area contributed by atoms with Gasteiger partial charge in [-0.25, -0.2) is 12.8 Å². The van der Waals surface area contributed by atoms with Gasteiger partial charge in [0.2, 0.25) is 0 Å². The van der Waals surface area contributed by atoms with Crippen molar-refractivity contribution in [2.45, 2.75) is 43.0 Å². The molecular weight excluding hydrogens is 339 g/mol. The van der Waals surface area contributed by atoms with Crippen LogP contribution < -0.4 is 4.90 Å². The molecule has 7 nitrogen and oxygen atoms in total. The van der Waals surface area contributed by atoms with E-state index >= 15 is 0 Å². The van der Waals surface area contributed by atoms with E-state index in [1.807, 2.05) is 0 Å². The van der Waals surface area contributed by atoms with Crippen LogP contribution in [0.5, 0.6) is 0 Å². The molecule has 0 aliphatic carbocycles. The molecule has 1 fully saturated rings. The zero-order valence-electron chi connectivity index (χ0n) is 13.4. The quantitative estimate of drug-likeness (QED) is 0.617. The predicted molar refractivity (Wildman–Crippen MR) is 87.5 cm³/mol. The summed E-state index contributed by atoms with van der Waals surface area (Å²) in [6, 6.07) is 1.72. The molecular formula is C15H21FN2O5S. The summed E-state index contributed by atoms with van der Waals surface area (Å²) in [6.45, 7) is 0.558. The fourth-order valence-corrected chi connectivity index (χ4v) is 3.88. The lowest BCUT2D eigenvalue weighted by atomic mass is 9.97. The van der Waals surface area contributed by atoms with Gasteiger partial charge in [-0.2, -0.15) is 0 Å². The molecule has 1 heterocycles. The first-order valence-electron chi connectivity index (χ1n) is 7.81. The van der Waals surface area contributed by atoms with Crippen molar-refractivity contribution in [2.24, 2.45) is 0 Å². The lowest BCUT2D eigenvalue weighted by molar-refractivity contribution is -0.384. The molecule has 0 spiro atoms. The van der Waals surface area contributed by atoms with Gasteiger partial charge in [-0.15, -0.1) is 0 Å². The van der Waals surface area contributed by atoms with E-state index in [1.54, 1.807) is 4.90 Å². The molecule has 0 saturated carbocycles. The molecule has 24 heavy (non-hydrogen) atoms. The number of benzene rings is 1. The molecule has 134 valence electrons. The van der Waals surface area contributed by atoms with Gasteiger partial charge >= 0.3 is 0 Å². The molecule has 0 bridgehead atoms. The molecule has 9 heteroatoms. The molecule has 1 aromatic rings. The van der Waals surface area contributed by atoms with Crippen LogP contribution in [0.4, 0.5) is 15.8 Å². The van der Waals surface area contributed by atoms with Crippen molar-refractivity contribution in [1.82, 2.24) is 0 Å². The summed E-state index contributed by atoms with van der Waals surface area (Å²) in [4.78, 5) is 11.8. The van der Waals surface area contributed by atoms with E-state index in [-0.39, 0.29) is 18.3 Å². The van der Waals surface area contributed by atoms with E-state index in [1.165, 1.54) is 0 Å². The van der Waals surface area contributed by atoms with Crippen LogP contribution in [-0.4, -0.2) is 43.9 Å². The predicted octanol–water partition coefficient (Wildman–Crippen LogP) is 2.27. The molecule has 1 aromatic carbocycles. The average molecular weight is 360 g/mol. The van der Waals surface area contributed by atoms with Gasteiger partial charge in [-0.1, -0.05) is 0 Å². The van der Waals surface area contributed by atoms with E-state index in [0.717, 1.165) is 37.7 Å². The summed E-state index contributed by atoms with van der Waals surface area (Å²) < 4.78 is 37.5. The number of hydrogen-bond donors (Lipinski definition) is 1. The SMILES string of the molecule is CS(=O)(=O)c1cc([N+](=O)[O-])c(N2CCCCC2CCCO)cc1F. The van der Waals surface area contributed by atoms with Gasteiger partial charge in [0.1, 0.15) is 16.4 Å². The standard InChI is InChI=1S/C15H21FN2O5S/c1-24(22,23)15-10-14(18(20)21)13(9-12(15)16)17-7-3-2-5-11(17)6-4-8-19/h9-11,19H,2-8H2,1H3. The van der Waals surface area contributed by atoms with Crippen LogP contribution in [-0.2, 0) is 9.84 Å². The van der Waals surface area contributed by atoms with E-state index < -0.39 is 31.2 Å². The third kappa shape index (κ3) is 4.02. The van der Waals surface area contributed by atoms with Crippen molar-refractivity contribution >= 4 is 21.2 Å². The van der Waals surface area contributed by atoms with Crippen LogP contribution in [0.3, 0.4) is 0 Å². The number of piperidine rings is 1. The second-order valence-corrected chi connectivity index (χ2v) is 7.99. The molecule has 0 radical (unpaired) electrons. The molecule has 0 amide bonds. The summed E-state index contributed by atoms with van der Waals surface area (Å²) in [5, 5.41) is 20.4. The minimum absolute atomic E-state index is 0.0216. The lowest BCUT2D eigenvalue weighted by Crippen LogP contribution is -2.40. The van der Waals surface area contributed by atoms with Gasteiger partial charge in [0.05, 0.1) is 4.92 Å². The van der Waals surface area contributed by atoms with Crippen molar-refractivity contribution in [3.63, 3.8) is 0 Å². The molecule has 1 atom stereocenters. The highest BCUT2D eigenvalue weighted by atomic mass is 32.2. The van der Waals surface area contributed by atoms with Crippen LogP contribution in [0, 0.1) is 15.9 Å². The van der Waals surface area contributed by atoms with E-state index in [4.69, 9.17) is 5.11 Å². The van der Waals surface area contributed by atoms with Gasteiger partial charge in [0.15, 0.2) is 9.84 Å². The topological polar surface area (TPSA) is 101 Å². The van der Waals surface area contributed by atoms with Crippen molar-refractivity contribution in [3.05, 3.63) is 28.1 Å². The van der Waals surface area contributed by atoms with Crippen molar-refractivity contribution in [3.8, 4) is 0 Å². The Morgan fingerprint density at radius 1 is 1.42 bits per heavy atom. The number of nitro groups is 1. The maximum absolute atomic E-state index is 14.3. The first kappa shape index (κ1) is 18.6. The molecule has 1 unspecified atom stereocenters. The van der Waals surface area contributed by atoms with Crippen molar-refractivity contribution in [2.75, 3.05) is 24.3 Å². The first-order valence-corrected chi connectivity index (χ1v) is 9.70. The second kappa shape index (κ2) is 7.43. The van der Waals surface area contributed by atoms with E-state index in [2.05, 4.69) is 0 Å². The Balaban J connectivity index is 2.51. The molecule has 2 rings (SSSR count). The summed E-state index contributed by atoms with van der Waals surface area (Å²) >= 11 is 0. The molecule has 1 saturated heterocycles. The third-order valence-corrected chi connectivity index (χ3v) is 5.37. The van der Waals surface area contributed by atoms with Crippen LogP contribution in [0.15, 0.2) is 17.0 Å². The monoisotopic (exact) mass is 360 g/mol. The van der Waals surface area contributed by atoms with Crippen LogP contribution in [0.2, 0.25) is 0 Å². The number of halogens is 1. The third-order valence-electron chi connectivity index (χ3n) is 4.26. The maximum atomic E-state index is 14.3. The fraction of sp³-hybridized carbons (Fsp3) is 0.600. The minimum atomic E-state index is -3.90. The van der Waals surface area contributed by atoms with Crippen LogP contribution in [0.1, 0.15) is 32.1 Å². The number of sulfone groups is 1. The number of aliphatic hydroxyl groups is 1. The fourth-order valence-electron chi connectivity index (χ4n) is 3.14. The summed E-state index contributed by atoms with van der Waals surface area (Å²) in [7, 11) is -3.90. The van der Waals surface area contributed by atoms with Gasteiger partial charge in [-0.05, 0) is 32.1 Å². The first-order chi connectivity index (χ1) is 11.3. The van der Waals surface area contributed by atoms with E-state index in [0.29, 0.717) is 19.4 Å². The highest BCUT2D eigenvalue weighted by molar-refractivity contribution is 7.90. The summed E-state index contributed by atoms with van der Waals surface area (Å²) in [6.07, 6.45) is 4.60. The zero-order chi connectivity index (χ0) is 17.9. The Morgan fingerprint density at radius 3 is 2.71 bits per heavy atom. The molecule has 0 aromatic heterocycles. The Labute approximate surface area is 140 Å². The van der Waals surface area contributed by atoms with Gasteiger partial charge in [0, 0.05) is 37.6 Å². The second-order valence-electron chi connectivity index (χ2n) is 6.01. The van der Waals surface area contributed by atoms with Crippen LogP contribution >= 0.6 is 0 Å². The lowest BCUT2D eigenvalue weighted by Gasteiger charge is -2.37. The molecule has 1 aliphatic rings. The van der Waals surface area contributed by atoms with Crippen molar-refractivity contribution < 1.29 is 22.8 Å². The Hall–Kier alpha value is -1.74. The van der Waals surface area contributed by atoms with Crippen LogP contribution in [0.25, 0.3) is 0 Å². The number of aliphatic hydroxyl groups excluding tert-OH is 1. The number of rotatable bonds is 6. The largest absolute Gasteiger partial charge is 0.396 e. The smallest absolute Gasteiger partial charge is 0.294 e. The number of nitrogens with zero attached hydrogens (tertiary/aromatic N) is 2. The van der Waals surface area contributed by atoms with Gasteiger partial charge in [-0.3, -0.25) is 10.1 Å². The highest BCUT2D eigenvalue weighted by Crippen LogP contribution is 2.37. The zero-order valence-corrected chi connectivity index (χ0v) is 14.3. The average Bonchev–Trinajstić information content (AvgIpc) is 2.51. The normalized spacial score (nSPS) is 18.6. The summed E-state index contributed by atoms with van der Waals surface area (Å²) in [5.74, 6) is -0.982. The Kier molecular flexibility index (Phi) is 5.76.